The fourth-order valence-electron chi connectivity index (χ4n) is 2.67. The van der Waals surface area contributed by atoms with E-state index in [1.807, 2.05) is 0 Å². The van der Waals surface area contributed by atoms with E-state index in [0.29, 0.717) is 32.4 Å². The van der Waals surface area contributed by atoms with Crippen molar-refractivity contribution < 1.29 is 24.4 Å². The molecule has 0 bridgehead atoms. The van der Waals surface area contributed by atoms with Crippen molar-refractivity contribution in [2.45, 2.75) is 25.7 Å². The van der Waals surface area contributed by atoms with Gasteiger partial charge in [0.2, 0.25) is 5.91 Å². The number of aliphatic carboxylic acids is 1. The minimum absolute atomic E-state index is 0.0370. The summed E-state index contributed by atoms with van der Waals surface area (Å²) in [5.41, 5.74) is -0.0976. The maximum atomic E-state index is 12.1. The fourth-order valence-corrected chi connectivity index (χ4v) is 2.67. The Balaban J connectivity index is 1.72. The van der Waals surface area contributed by atoms with Gasteiger partial charge in [-0.2, -0.15) is 0 Å². The number of likely N-dealkylation sites (tertiary alicyclic amines) is 1. The number of carboxylic acids is 1. The molecule has 1 amide bonds. The third-order valence-corrected chi connectivity index (χ3v) is 4.05. The molecule has 8 nitrogen and oxygen atoms in total. The molecule has 0 spiro atoms. The molecular weight excluding hydrogens is 316 g/mol. The zero-order valence-electron chi connectivity index (χ0n) is 13.2. The summed E-state index contributed by atoms with van der Waals surface area (Å²) < 4.78 is 5.39. The summed E-state index contributed by atoms with van der Waals surface area (Å²) >= 11 is 0. The molecule has 0 aromatic heterocycles. The number of hydrogen-bond donors (Lipinski definition) is 1. The first kappa shape index (κ1) is 17.7. The van der Waals surface area contributed by atoms with Crippen LogP contribution >= 0.6 is 0 Å². The highest BCUT2D eigenvalue weighted by Crippen LogP contribution is 2.26. The molecule has 0 saturated carbocycles. The van der Waals surface area contributed by atoms with Crippen LogP contribution in [0.3, 0.4) is 0 Å². The molecule has 1 aromatic rings. The maximum Gasteiger partial charge on any atom is 0.310 e. The lowest BCUT2D eigenvalue weighted by Gasteiger charge is -2.30. The maximum absolute atomic E-state index is 12.1. The normalized spacial score (nSPS) is 15.1. The number of ether oxygens (including phenoxy) is 1. The number of carbonyl (C=O) groups is 2. The van der Waals surface area contributed by atoms with E-state index < -0.39 is 10.9 Å². The van der Waals surface area contributed by atoms with Crippen LogP contribution in [0, 0.1) is 16.0 Å². The highest BCUT2D eigenvalue weighted by Gasteiger charge is 2.26. The van der Waals surface area contributed by atoms with E-state index in [1.54, 1.807) is 17.0 Å². The van der Waals surface area contributed by atoms with Gasteiger partial charge in [0.1, 0.15) is 0 Å². The van der Waals surface area contributed by atoms with E-state index in [4.69, 9.17) is 9.84 Å². The van der Waals surface area contributed by atoms with Crippen molar-refractivity contribution in [3.05, 3.63) is 34.4 Å². The molecule has 0 atom stereocenters. The van der Waals surface area contributed by atoms with Gasteiger partial charge in [0.15, 0.2) is 5.75 Å². The Hall–Kier alpha value is -2.64. The Bertz CT molecular complexity index is 610. The summed E-state index contributed by atoms with van der Waals surface area (Å²) in [6.07, 6.45) is 1.68. The number of nitro benzene ring substituents is 1. The van der Waals surface area contributed by atoms with E-state index in [9.17, 15) is 19.7 Å². The van der Waals surface area contributed by atoms with Crippen LogP contribution in [0.25, 0.3) is 0 Å². The highest BCUT2D eigenvalue weighted by molar-refractivity contribution is 5.77. The zero-order chi connectivity index (χ0) is 17.5. The van der Waals surface area contributed by atoms with Crippen molar-refractivity contribution in [1.29, 1.82) is 0 Å². The van der Waals surface area contributed by atoms with E-state index >= 15 is 0 Å². The van der Waals surface area contributed by atoms with Gasteiger partial charge in [-0.25, -0.2) is 0 Å². The first-order chi connectivity index (χ1) is 11.5. The molecule has 0 aliphatic carbocycles. The van der Waals surface area contributed by atoms with Gasteiger partial charge in [-0.1, -0.05) is 12.1 Å². The van der Waals surface area contributed by atoms with Gasteiger partial charge in [0, 0.05) is 25.6 Å². The third-order valence-electron chi connectivity index (χ3n) is 4.05. The van der Waals surface area contributed by atoms with Gasteiger partial charge in [0.25, 0.3) is 0 Å². The molecule has 8 heteroatoms. The summed E-state index contributed by atoms with van der Waals surface area (Å²) in [5.74, 6) is -1.02. The van der Waals surface area contributed by atoms with E-state index in [0.717, 1.165) is 0 Å². The molecule has 1 aromatic carbocycles. The predicted octanol–water partition coefficient (Wildman–Crippen LogP) is 2.08. The summed E-state index contributed by atoms with van der Waals surface area (Å²) in [4.78, 5) is 35.0. The Kier molecular flexibility index (Phi) is 6.11. The second-order valence-electron chi connectivity index (χ2n) is 5.67. The monoisotopic (exact) mass is 336 g/mol. The first-order valence-corrected chi connectivity index (χ1v) is 7.86. The van der Waals surface area contributed by atoms with Crippen LogP contribution < -0.4 is 4.74 Å². The quantitative estimate of drug-likeness (QED) is 0.464. The van der Waals surface area contributed by atoms with Crippen LogP contribution in [-0.4, -0.2) is 46.5 Å². The molecule has 24 heavy (non-hydrogen) atoms. The third kappa shape index (κ3) is 4.68. The molecule has 1 N–H and O–H groups in total. The molecule has 0 unspecified atom stereocenters. The largest absolute Gasteiger partial charge is 0.487 e. The smallest absolute Gasteiger partial charge is 0.310 e. The van der Waals surface area contributed by atoms with Crippen LogP contribution in [0.15, 0.2) is 24.3 Å². The Labute approximate surface area is 139 Å². The SMILES string of the molecule is O=C(O)C1CCN(C(=O)CCCOc2ccccc2[N+](=O)[O-])CC1. The summed E-state index contributed by atoms with van der Waals surface area (Å²) in [5, 5.41) is 19.8. The average Bonchev–Trinajstić information content (AvgIpc) is 2.58. The minimum atomic E-state index is -0.806. The van der Waals surface area contributed by atoms with Crippen molar-refractivity contribution in [3.8, 4) is 5.75 Å². The van der Waals surface area contributed by atoms with Crippen LogP contribution in [0.1, 0.15) is 25.7 Å². The molecule has 1 heterocycles. The topological polar surface area (TPSA) is 110 Å². The van der Waals surface area contributed by atoms with Crippen molar-refractivity contribution in [2.24, 2.45) is 5.92 Å². The number of carboxylic acid groups (broad SMARTS) is 1. The summed E-state index contributed by atoms with van der Waals surface area (Å²) in [6, 6.07) is 6.11. The van der Waals surface area contributed by atoms with Crippen LogP contribution in [0.4, 0.5) is 5.69 Å². The Morgan fingerprint density at radius 1 is 1.29 bits per heavy atom. The summed E-state index contributed by atoms with van der Waals surface area (Å²) in [6.45, 7) is 1.13. The second-order valence-corrected chi connectivity index (χ2v) is 5.67. The molecule has 130 valence electrons. The molecule has 0 radical (unpaired) electrons. The predicted molar refractivity (Wildman–Crippen MR) is 84.8 cm³/mol. The van der Waals surface area contributed by atoms with Crippen LogP contribution in [0.5, 0.6) is 5.75 Å². The molecule has 1 fully saturated rings. The summed E-state index contributed by atoms with van der Waals surface area (Å²) in [7, 11) is 0. The number of rotatable bonds is 7. The van der Waals surface area contributed by atoms with E-state index in [1.165, 1.54) is 12.1 Å². The van der Waals surface area contributed by atoms with Gasteiger partial charge in [-0.05, 0) is 25.3 Å². The molecule has 1 aliphatic heterocycles. The van der Waals surface area contributed by atoms with Crippen LogP contribution in [0.2, 0.25) is 0 Å². The van der Waals surface area contributed by atoms with Crippen molar-refractivity contribution in [2.75, 3.05) is 19.7 Å². The van der Waals surface area contributed by atoms with Gasteiger partial charge >= 0.3 is 11.7 Å². The number of benzene rings is 1. The molecular formula is C16H20N2O6. The number of amides is 1. The number of para-hydroxylation sites is 2. The van der Waals surface area contributed by atoms with Gasteiger partial charge in [-0.3, -0.25) is 19.7 Å². The number of piperidine rings is 1. The lowest BCUT2D eigenvalue weighted by molar-refractivity contribution is -0.385. The van der Waals surface area contributed by atoms with Crippen LogP contribution in [-0.2, 0) is 9.59 Å². The minimum Gasteiger partial charge on any atom is -0.487 e. The van der Waals surface area contributed by atoms with Gasteiger partial charge in [-0.15, -0.1) is 0 Å². The molecule has 1 saturated heterocycles. The Morgan fingerprint density at radius 3 is 2.58 bits per heavy atom. The van der Waals surface area contributed by atoms with E-state index in [-0.39, 0.29) is 36.3 Å². The lowest BCUT2D eigenvalue weighted by atomic mass is 9.97. The molecule has 2 rings (SSSR count). The first-order valence-electron chi connectivity index (χ1n) is 7.86. The number of nitro groups is 1. The van der Waals surface area contributed by atoms with Crippen molar-refractivity contribution in [3.63, 3.8) is 0 Å². The number of hydrogen-bond acceptors (Lipinski definition) is 5. The standard InChI is InChI=1S/C16H20N2O6/c19-15(17-9-7-12(8-10-17)16(20)21)6-3-11-24-14-5-2-1-4-13(14)18(22)23/h1-2,4-5,12H,3,6-11H2,(H,20,21). The molecule has 1 aliphatic rings. The highest BCUT2D eigenvalue weighted by atomic mass is 16.6. The van der Waals surface area contributed by atoms with Gasteiger partial charge < -0.3 is 14.7 Å². The van der Waals surface area contributed by atoms with Gasteiger partial charge in [0.05, 0.1) is 17.4 Å². The van der Waals surface area contributed by atoms with E-state index in [2.05, 4.69) is 0 Å². The van der Waals surface area contributed by atoms with Crippen molar-refractivity contribution in [1.82, 2.24) is 4.90 Å². The van der Waals surface area contributed by atoms with Crippen molar-refractivity contribution >= 4 is 17.6 Å². The average molecular weight is 336 g/mol. The number of carbonyl (C=O) groups excluding carboxylic acids is 1. The Morgan fingerprint density at radius 2 is 1.96 bits per heavy atom. The lowest BCUT2D eigenvalue weighted by Crippen LogP contribution is -2.40. The second kappa shape index (κ2) is 8.28. The zero-order valence-corrected chi connectivity index (χ0v) is 13.2. The number of nitrogens with zero attached hydrogens (tertiary/aromatic N) is 2. The fraction of sp³-hybridized carbons (Fsp3) is 0.500.